The van der Waals surface area contributed by atoms with Gasteiger partial charge in [0.2, 0.25) is 0 Å². The molecule has 1 aliphatic rings. The average molecular weight is 251 g/mol. The van der Waals surface area contributed by atoms with E-state index in [-0.39, 0.29) is 12.0 Å². The molecule has 0 aliphatic carbocycles. The summed E-state index contributed by atoms with van der Waals surface area (Å²) in [6.07, 6.45) is 1.12. The fraction of sp³-hybridized carbons (Fsp3) is 0.818. The third kappa shape index (κ3) is 2.92. The van der Waals surface area contributed by atoms with Crippen molar-refractivity contribution in [2.24, 2.45) is 11.0 Å². The Hall–Kier alpha value is -1.77. The number of rotatable bonds is 5. The molecule has 0 saturated carbocycles. The Morgan fingerprint density at radius 3 is 2.89 bits per heavy atom. The molecule has 0 aromatic heterocycles. The molecule has 4 atom stereocenters. The van der Waals surface area contributed by atoms with Crippen LogP contribution in [0.15, 0.2) is 5.11 Å². The summed E-state index contributed by atoms with van der Waals surface area (Å²) in [7, 11) is 0. The van der Waals surface area contributed by atoms with Crippen LogP contribution < -0.4 is 0 Å². The number of hydrogen-bond donors (Lipinski definition) is 1. The molecule has 7 nitrogen and oxygen atoms in total. The van der Waals surface area contributed by atoms with Crippen molar-refractivity contribution in [1.82, 2.24) is 4.90 Å². The first kappa shape index (κ1) is 14.3. The van der Waals surface area contributed by atoms with E-state index in [1.165, 1.54) is 0 Å². The third-order valence-electron chi connectivity index (χ3n) is 3.47. The van der Waals surface area contributed by atoms with E-state index in [0.29, 0.717) is 13.0 Å². The largest absolute Gasteiger partial charge is 0.480 e. The second kappa shape index (κ2) is 6.24. The molecule has 0 bridgehead atoms. The number of carboxylic acid groups (broad SMARTS) is 1. The fourth-order valence-electron chi connectivity index (χ4n) is 2.36. The number of carboxylic acids is 1. The third-order valence-corrected chi connectivity index (χ3v) is 3.47. The molecular weight excluding hydrogens is 234 g/mol. The highest BCUT2D eigenvalue weighted by molar-refractivity contribution is 5.74. The van der Waals surface area contributed by atoms with Crippen molar-refractivity contribution in [1.29, 1.82) is 5.26 Å². The zero-order chi connectivity index (χ0) is 13.7. The van der Waals surface area contributed by atoms with Crippen LogP contribution in [0.5, 0.6) is 0 Å². The summed E-state index contributed by atoms with van der Waals surface area (Å²) in [5.74, 6) is -0.977. The summed E-state index contributed by atoms with van der Waals surface area (Å²) >= 11 is 0. The monoisotopic (exact) mass is 251 g/mol. The Balaban J connectivity index is 2.93. The van der Waals surface area contributed by atoms with Gasteiger partial charge in [0.25, 0.3) is 0 Å². The van der Waals surface area contributed by atoms with Gasteiger partial charge in [0.1, 0.15) is 6.04 Å². The van der Waals surface area contributed by atoms with Gasteiger partial charge in [-0.25, -0.2) is 0 Å². The van der Waals surface area contributed by atoms with Crippen molar-refractivity contribution >= 4 is 5.97 Å². The zero-order valence-corrected chi connectivity index (χ0v) is 10.5. The zero-order valence-electron chi connectivity index (χ0n) is 10.5. The lowest BCUT2D eigenvalue weighted by atomic mass is 9.97. The first-order valence-electron chi connectivity index (χ1n) is 5.97. The van der Waals surface area contributed by atoms with Crippen molar-refractivity contribution in [3.05, 3.63) is 10.4 Å². The molecule has 1 N–H and O–H groups in total. The second-order valence-electron chi connectivity index (χ2n) is 4.60. The molecule has 18 heavy (non-hydrogen) atoms. The minimum atomic E-state index is -0.925. The van der Waals surface area contributed by atoms with Gasteiger partial charge in [0.15, 0.2) is 0 Å². The van der Waals surface area contributed by atoms with E-state index in [4.69, 9.17) is 10.8 Å². The highest BCUT2D eigenvalue weighted by Crippen LogP contribution is 2.27. The molecule has 0 unspecified atom stereocenters. The van der Waals surface area contributed by atoms with Gasteiger partial charge >= 0.3 is 5.97 Å². The Morgan fingerprint density at radius 1 is 1.78 bits per heavy atom. The Bertz CT molecular complexity index is 399. The normalized spacial score (nSPS) is 26.9. The first-order valence-corrected chi connectivity index (χ1v) is 5.97. The van der Waals surface area contributed by atoms with Crippen LogP contribution in [0, 0.1) is 17.2 Å². The summed E-state index contributed by atoms with van der Waals surface area (Å²) in [5, 5.41) is 22.0. The minimum absolute atomic E-state index is 0.0526. The van der Waals surface area contributed by atoms with Gasteiger partial charge in [0, 0.05) is 11.5 Å². The van der Waals surface area contributed by atoms with Gasteiger partial charge in [-0.05, 0) is 17.9 Å². The van der Waals surface area contributed by atoms with E-state index in [1.807, 2.05) is 13.8 Å². The quantitative estimate of drug-likeness (QED) is 0.455. The highest BCUT2D eigenvalue weighted by atomic mass is 16.4. The molecule has 1 aliphatic heterocycles. The van der Waals surface area contributed by atoms with E-state index in [9.17, 15) is 9.90 Å². The van der Waals surface area contributed by atoms with Crippen LogP contribution in [-0.2, 0) is 4.79 Å². The van der Waals surface area contributed by atoms with Gasteiger partial charge in [-0.2, -0.15) is 5.26 Å². The molecule has 0 amide bonds. The fourth-order valence-corrected chi connectivity index (χ4v) is 2.36. The maximum atomic E-state index is 11.4. The van der Waals surface area contributed by atoms with Crippen LogP contribution in [-0.4, -0.2) is 40.6 Å². The summed E-state index contributed by atoms with van der Waals surface area (Å²) < 4.78 is 0. The molecule has 0 radical (unpaired) electrons. The molecule has 1 saturated heterocycles. The molecule has 1 fully saturated rings. The Morgan fingerprint density at radius 2 is 2.44 bits per heavy atom. The van der Waals surface area contributed by atoms with Crippen LogP contribution in [0.3, 0.4) is 0 Å². The van der Waals surface area contributed by atoms with Crippen LogP contribution in [0.4, 0.5) is 0 Å². The number of likely N-dealkylation sites (tertiary alicyclic amines) is 1. The van der Waals surface area contributed by atoms with Crippen LogP contribution in [0.1, 0.15) is 26.7 Å². The van der Waals surface area contributed by atoms with E-state index >= 15 is 0 Å². The predicted octanol–water partition coefficient (Wildman–Crippen LogP) is 1.76. The lowest BCUT2D eigenvalue weighted by Crippen LogP contribution is -2.47. The van der Waals surface area contributed by atoms with Crippen molar-refractivity contribution in [2.45, 2.75) is 44.8 Å². The average Bonchev–Trinajstić information content (AvgIpc) is 2.72. The summed E-state index contributed by atoms with van der Waals surface area (Å²) in [6.45, 7) is 4.11. The SMILES string of the molecule is CC[C@@H](C)[C@H](C(=O)O)N1C[C@@H](N=[N+]=[N-])C[C@H]1C#N. The number of nitriles is 1. The first-order chi connectivity index (χ1) is 8.54. The number of azide groups is 1. The van der Waals surface area contributed by atoms with Gasteiger partial charge in [0.05, 0.1) is 18.2 Å². The lowest BCUT2D eigenvalue weighted by molar-refractivity contribution is -0.145. The molecule has 0 spiro atoms. The molecule has 7 heteroatoms. The minimum Gasteiger partial charge on any atom is -0.480 e. The lowest BCUT2D eigenvalue weighted by Gasteiger charge is -2.30. The number of carbonyl (C=O) groups is 1. The highest BCUT2D eigenvalue weighted by Gasteiger charge is 2.41. The van der Waals surface area contributed by atoms with Gasteiger partial charge in [-0.1, -0.05) is 25.4 Å². The van der Waals surface area contributed by atoms with Crippen LogP contribution in [0.2, 0.25) is 0 Å². The molecule has 1 rings (SSSR count). The summed E-state index contributed by atoms with van der Waals surface area (Å²) in [4.78, 5) is 15.7. The van der Waals surface area contributed by atoms with Gasteiger partial charge < -0.3 is 5.11 Å². The van der Waals surface area contributed by atoms with E-state index in [2.05, 4.69) is 16.1 Å². The summed E-state index contributed by atoms with van der Waals surface area (Å²) in [5.41, 5.74) is 8.42. The molecule has 0 aromatic carbocycles. The second-order valence-corrected chi connectivity index (χ2v) is 4.60. The van der Waals surface area contributed by atoms with E-state index < -0.39 is 18.1 Å². The number of nitrogens with zero attached hydrogens (tertiary/aromatic N) is 5. The predicted molar refractivity (Wildman–Crippen MR) is 64.5 cm³/mol. The Labute approximate surface area is 106 Å². The van der Waals surface area contributed by atoms with Crippen molar-refractivity contribution in [3.63, 3.8) is 0 Å². The maximum absolute atomic E-state index is 11.4. The molecule has 0 aromatic rings. The topological polar surface area (TPSA) is 113 Å². The maximum Gasteiger partial charge on any atom is 0.321 e. The standard InChI is InChI=1S/C11H17N5O2/c1-3-7(2)10(11(17)18)16-6-8(14-15-13)4-9(16)5-12/h7-10H,3-4,6H2,1-2H3,(H,17,18)/t7-,8+,9+,10-/m1/s1. The Kier molecular flexibility index (Phi) is 4.95. The van der Waals surface area contributed by atoms with Crippen molar-refractivity contribution < 1.29 is 9.90 Å². The molecule has 98 valence electrons. The van der Waals surface area contributed by atoms with E-state index in [0.717, 1.165) is 6.42 Å². The number of aliphatic carboxylic acids is 1. The van der Waals surface area contributed by atoms with E-state index in [1.54, 1.807) is 4.90 Å². The van der Waals surface area contributed by atoms with Crippen LogP contribution in [0.25, 0.3) is 10.4 Å². The molecule has 1 heterocycles. The summed E-state index contributed by atoms with van der Waals surface area (Å²) in [6, 6.07) is 0.596. The van der Waals surface area contributed by atoms with Gasteiger partial charge in [-0.15, -0.1) is 0 Å². The van der Waals surface area contributed by atoms with Crippen molar-refractivity contribution in [2.75, 3.05) is 6.54 Å². The van der Waals surface area contributed by atoms with Crippen molar-refractivity contribution in [3.8, 4) is 6.07 Å². The number of hydrogen-bond acceptors (Lipinski definition) is 4. The van der Waals surface area contributed by atoms with Gasteiger partial charge in [-0.3, -0.25) is 9.69 Å². The van der Waals surface area contributed by atoms with Crippen LogP contribution >= 0.6 is 0 Å². The molecular formula is C11H17N5O2. The smallest absolute Gasteiger partial charge is 0.321 e.